The van der Waals surface area contributed by atoms with Crippen LogP contribution in [0.2, 0.25) is 0 Å². The van der Waals surface area contributed by atoms with Gasteiger partial charge in [0.1, 0.15) is 0 Å². The van der Waals surface area contributed by atoms with E-state index in [2.05, 4.69) is 0 Å². The lowest BCUT2D eigenvalue weighted by molar-refractivity contribution is -0.149. The summed E-state index contributed by atoms with van der Waals surface area (Å²) in [5.74, 6) is -0.330. The van der Waals surface area contributed by atoms with Gasteiger partial charge in [-0.25, -0.2) is 4.39 Å². The van der Waals surface area contributed by atoms with Gasteiger partial charge in [-0.1, -0.05) is 0 Å². The van der Waals surface area contributed by atoms with Gasteiger partial charge in [0, 0.05) is 25.6 Å². The van der Waals surface area contributed by atoms with Gasteiger partial charge in [0.15, 0.2) is 5.67 Å². The third-order valence-electron chi connectivity index (χ3n) is 2.01. The molecule has 1 aliphatic rings. The molecule has 1 rings (SSSR count). The Bertz CT molecular complexity index is 182. The van der Waals surface area contributed by atoms with Crippen LogP contribution in [0.3, 0.4) is 0 Å². The summed E-state index contributed by atoms with van der Waals surface area (Å²) < 4.78 is 13.0. The number of hydrogen-bond acceptors (Lipinski definition) is 2. The van der Waals surface area contributed by atoms with Crippen molar-refractivity contribution in [1.82, 2.24) is 4.90 Å². The Labute approximate surface area is 71.2 Å². The Balaban J connectivity index is 2.39. The quantitative estimate of drug-likeness (QED) is 0.650. The summed E-state index contributed by atoms with van der Waals surface area (Å²) in [7, 11) is 0. The highest BCUT2D eigenvalue weighted by molar-refractivity contribution is 5.84. The molecule has 0 aromatic carbocycles. The highest BCUT2D eigenvalue weighted by Crippen LogP contribution is 2.21. The molecule has 0 aromatic heterocycles. The summed E-state index contributed by atoms with van der Waals surface area (Å²) in [5.41, 5.74) is -1.78. The lowest BCUT2D eigenvalue weighted by Gasteiger charge is -2.40. The van der Waals surface area contributed by atoms with E-state index in [4.69, 9.17) is 5.11 Å². The van der Waals surface area contributed by atoms with Crippen LogP contribution in [0.15, 0.2) is 0 Å². The topological polar surface area (TPSA) is 40.5 Å². The molecule has 0 atom stereocenters. The molecule has 1 N–H and O–H groups in total. The van der Waals surface area contributed by atoms with Gasteiger partial charge in [-0.3, -0.25) is 4.79 Å². The van der Waals surface area contributed by atoms with Gasteiger partial charge < -0.3 is 10.0 Å². The Morgan fingerprint density at radius 2 is 2.17 bits per heavy atom. The van der Waals surface area contributed by atoms with Gasteiger partial charge in [-0.15, -0.1) is 0 Å². The fourth-order valence-electron chi connectivity index (χ4n) is 1.23. The molecule has 4 heteroatoms. The van der Waals surface area contributed by atoms with E-state index >= 15 is 0 Å². The molecule has 0 unspecified atom stereocenters. The van der Waals surface area contributed by atoms with Crippen molar-refractivity contribution < 1.29 is 14.3 Å². The molecule has 1 heterocycles. The summed E-state index contributed by atoms with van der Waals surface area (Å²) in [4.78, 5) is 12.6. The van der Waals surface area contributed by atoms with E-state index in [-0.39, 0.29) is 12.5 Å². The Kier molecular flexibility index (Phi) is 2.37. The van der Waals surface area contributed by atoms with E-state index in [1.165, 1.54) is 18.7 Å². The van der Waals surface area contributed by atoms with Gasteiger partial charge in [-0.05, 0) is 13.8 Å². The van der Waals surface area contributed by atoms with Crippen LogP contribution in [0.5, 0.6) is 0 Å². The second-order valence-electron chi connectivity index (χ2n) is 3.73. The first-order chi connectivity index (χ1) is 5.45. The van der Waals surface area contributed by atoms with Crippen molar-refractivity contribution in [2.45, 2.75) is 19.5 Å². The lowest BCUT2D eigenvalue weighted by atomic mass is 9.98. The molecule has 1 fully saturated rings. The van der Waals surface area contributed by atoms with Crippen LogP contribution in [-0.4, -0.2) is 41.3 Å². The second kappa shape index (κ2) is 3.01. The number of nitrogens with zero attached hydrogens (tertiary/aromatic N) is 1. The molecule has 1 saturated heterocycles. The number of aliphatic hydroxyl groups excluding tert-OH is 1. The number of aliphatic hydroxyl groups is 1. The minimum atomic E-state index is -1.78. The average Bonchev–Trinajstić information content (AvgIpc) is 1.83. The van der Waals surface area contributed by atoms with E-state index in [0.29, 0.717) is 13.1 Å². The van der Waals surface area contributed by atoms with Crippen LogP contribution in [0.1, 0.15) is 13.8 Å². The highest BCUT2D eigenvalue weighted by atomic mass is 19.1. The summed E-state index contributed by atoms with van der Waals surface area (Å²) >= 11 is 0. The number of rotatable bonds is 2. The molecular weight excluding hydrogens is 161 g/mol. The molecule has 3 nitrogen and oxygen atoms in total. The molecule has 0 bridgehead atoms. The Hall–Kier alpha value is -0.640. The molecule has 0 saturated carbocycles. The second-order valence-corrected chi connectivity index (χ2v) is 3.73. The minimum absolute atomic E-state index is 0.0799. The lowest BCUT2D eigenvalue weighted by Crippen LogP contribution is -2.56. The monoisotopic (exact) mass is 175 g/mol. The zero-order valence-corrected chi connectivity index (χ0v) is 7.38. The summed E-state index contributed by atoms with van der Waals surface area (Å²) in [6.45, 7) is 3.56. The van der Waals surface area contributed by atoms with Crippen LogP contribution in [0.25, 0.3) is 0 Å². The maximum atomic E-state index is 13.0. The number of alkyl halides is 1. The molecular formula is C8H14FNO2. The maximum Gasteiger partial charge on any atom is 0.259 e. The maximum absolute atomic E-state index is 13.0. The van der Waals surface area contributed by atoms with Crippen molar-refractivity contribution in [3.8, 4) is 0 Å². The zero-order chi connectivity index (χ0) is 9.35. The highest BCUT2D eigenvalue weighted by Gasteiger charge is 2.38. The van der Waals surface area contributed by atoms with E-state index < -0.39 is 11.6 Å². The summed E-state index contributed by atoms with van der Waals surface area (Å²) in [6.07, 6.45) is 0. The molecule has 1 aliphatic heterocycles. The van der Waals surface area contributed by atoms with Gasteiger partial charge in [0.25, 0.3) is 5.91 Å². The normalized spacial score (nSPS) is 19.2. The van der Waals surface area contributed by atoms with E-state index in [1.54, 1.807) is 0 Å². The van der Waals surface area contributed by atoms with Crippen LogP contribution in [0, 0.1) is 5.92 Å². The number of halogens is 1. The van der Waals surface area contributed by atoms with E-state index in [0.717, 1.165) is 0 Å². The Morgan fingerprint density at radius 1 is 1.67 bits per heavy atom. The van der Waals surface area contributed by atoms with E-state index in [1.807, 2.05) is 0 Å². The van der Waals surface area contributed by atoms with Crippen LogP contribution >= 0.6 is 0 Å². The smallest absolute Gasteiger partial charge is 0.259 e. The summed E-state index contributed by atoms with van der Waals surface area (Å²) in [6, 6.07) is 0. The van der Waals surface area contributed by atoms with Crippen molar-refractivity contribution in [3.63, 3.8) is 0 Å². The first-order valence-corrected chi connectivity index (χ1v) is 4.04. The number of carbonyl (C=O) groups is 1. The fraction of sp³-hybridized carbons (Fsp3) is 0.875. The van der Waals surface area contributed by atoms with Crippen molar-refractivity contribution in [1.29, 1.82) is 0 Å². The molecule has 0 spiro atoms. The van der Waals surface area contributed by atoms with Gasteiger partial charge in [0.05, 0.1) is 0 Å². The SMILES string of the molecule is CC(C)(F)C(=O)N1CC(CO)C1. The van der Waals surface area contributed by atoms with Crippen molar-refractivity contribution in [2.75, 3.05) is 19.7 Å². The Morgan fingerprint density at radius 3 is 2.50 bits per heavy atom. The number of hydrogen-bond donors (Lipinski definition) is 1. The van der Waals surface area contributed by atoms with Gasteiger partial charge >= 0.3 is 0 Å². The number of likely N-dealkylation sites (tertiary alicyclic amines) is 1. The van der Waals surface area contributed by atoms with Crippen molar-refractivity contribution in [3.05, 3.63) is 0 Å². The van der Waals surface area contributed by atoms with Gasteiger partial charge in [0.2, 0.25) is 0 Å². The van der Waals surface area contributed by atoms with Crippen LogP contribution < -0.4 is 0 Å². The largest absolute Gasteiger partial charge is 0.396 e. The zero-order valence-electron chi connectivity index (χ0n) is 7.38. The van der Waals surface area contributed by atoms with Gasteiger partial charge in [-0.2, -0.15) is 0 Å². The molecule has 70 valence electrons. The molecule has 0 aromatic rings. The predicted molar refractivity (Wildman–Crippen MR) is 42.3 cm³/mol. The fourth-order valence-corrected chi connectivity index (χ4v) is 1.23. The summed E-state index contributed by atoms with van der Waals surface area (Å²) in [5, 5.41) is 8.66. The number of amides is 1. The van der Waals surface area contributed by atoms with Crippen LogP contribution in [-0.2, 0) is 4.79 Å². The predicted octanol–water partition coefficient (Wildman–Crippen LogP) is 0.185. The average molecular weight is 175 g/mol. The molecule has 12 heavy (non-hydrogen) atoms. The first kappa shape index (κ1) is 9.45. The van der Waals surface area contributed by atoms with Crippen LogP contribution in [0.4, 0.5) is 4.39 Å². The first-order valence-electron chi connectivity index (χ1n) is 4.04. The standard InChI is InChI=1S/C8H14FNO2/c1-8(2,9)7(12)10-3-6(4-10)5-11/h6,11H,3-5H2,1-2H3. The number of carbonyl (C=O) groups excluding carboxylic acids is 1. The molecule has 0 aliphatic carbocycles. The van der Waals surface area contributed by atoms with Crippen molar-refractivity contribution >= 4 is 5.91 Å². The van der Waals surface area contributed by atoms with Crippen molar-refractivity contribution in [2.24, 2.45) is 5.92 Å². The third-order valence-corrected chi connectivity index (χ3v) is 2.01. The minimum Gasteiger partial charge on any atom is -0.396 e. The molecule has 1 amide bonds. The van der Waals surface area contributed by atoms with E-state index in [9.17, 15) is 9.18 Å². The molecule has 0 radical (unpaired) electrons. The third kappa shape index (κ3) is 1.75.